The minimum Gasteiger partial charge on any atom is -0.302 e. The third-order valence-corrected chi connectivity index (χ3v) is 6.20. The Bertz CT molecular complexity index is 383. The van der Waals surface area contributed by atoms with Crippen molar-refractivity contribution in [2.75, 3.05) is 13.2 Å². The Morgan fingerprint density at radius 3 is 2.48 bits per heavy atom. The van der Waals surface area contributed by atoms with E-state index in [4.69, 9.17) is 4.84 Å². The van der Waals surface area contributed by atoms with Gasteiger partial charge in [-0.3, -0.25) is 15.5 Å². The van der Waals surface area contributed by atoms with Crippen LogP contribution in [0.5, 0.6) is 0 Å². The van der Waals surface area contributed by atoms with Crippen LogP contribution >= 0.6 is 0 Å². The second-order valence-electron chi connectivity index (χ2n) is 8.03. The molecule has 4 fully saturated rings. The van der Waals surface area contributed by atoms with Crippen molar-refractivity contribution in [1.82, 2.24) is 26.7 Å². The van der Waals surface area contributed by atoms with Gasteiger partial charge in [-0.25, -0.2) is 0 Å². The molecule has 23 heavy (non-hydrogen) atoms. The van der Waals surface area contributed by atoms with Gasteiger partial charge in [0.2, 0.25) is 0 Å². The third kappa shape index (κ3) is 4.24. The number of hydrogen-bond donors (Lipinski definition) is 5. The van der Waals surface area contributed by atoms with Crippen molar-refractivity contribution in [3.63, 3.8) is 0 Å². The monoisotopic (exact) mass is 323 g/mol. The van der Waals surface area contributed by atoms with Crippen LogP contribution < -0.4 is 26.7 Å². The summed E-state index contributed by atoms with van der Waals surface area (Å²) >= 11 is 0. The topological polar surface area (TPSA) is 69.4 Å². The van der Waals surface area contributed by atoms with Crippen LogP contribution in [0.3, 0.4) is 0 Å². The van der Waals surface area contributed by atoms with E-state index in [9.17, 15) is 0 Å². The van der Waals surface area contributed by atoms with Gasteiger partial charge in [-0.2, -0.15) is 5.48 Å². The first kappa shape index (κ1) is 16.2. The molecule has 4 atom stereocenters. The molecule has 0 amide bonds. The van der Waals surface area contributed by atoms with E-state index < -0.39 is 0 Å². The first-order valence-corrected chi connectivity index (χ1v) is 9.65. The molecule has 132 valence electrons. The Morgan fingerprint density at radius 1 is 1.00 bits per heavy atom. The summed E-state index contributed by atoms with van der Waals surface area (Å²) in [6.45, 7) is 4.19. The number of nitrogens with one attached hydrogen (secondary N) is 5. The van der Waals surface area contributed by atoms with E-state index in [2.05, 4.69) is 33.7 Å². The highest BCUT2D eigenvalue weighted by Gasteiger charge is 2.35. The minimum absolute atomic E-state index is 0.143. The molecule has 2 heterocycles. The summed E-state index contributed by atoms with van der Waals surface area (Å²) in [5.41, 5.74) is 3.15. The molecule has 0 radical (unpaired) electrons. The first-order chi connectivity index (χ1) is 11.3. The molecule has 0 spiro atoms. The molecule has 2 saturated heterocycles. The van der Waals surface area contributed by atoms with E-state index in [1.165, 1.54) is 51.5 Å². The Balaban J connectivity index is 1.15. The van der Waals surface area contributed by atoms with E-state index in [-0.39, 0.29) is 6.23 Å². The quantitative estimate of drug-likeness (QED) is 0.516. The minimum atomic E-state index is 0.143. The van der Waals surface area contributed by atoms with Gasteiger partial charge in [0.15, 0.2) is 0 Å². The van der Waals surface area contributed by atoms with Gasteiger partial charge in [0, 0.05) is 12.7 Å². The van der Waals surface area contributed by atoms with Crippen LogP contribution in [-0.4, -0.2) is 37.8 Å². The number of hydrogen-bond acceptors (Lipinski definition) is 6. The van der Waals surface area contributed by atoms with Gasteiger partial charge in [0.1, 0.15) is 6.23 Å². The Hall–Kier alpha value is -0.240. The first-order valence-electron chi connectivity index (χ1n) is 9.65. The van der Waals surface area contributed by atoms with Crippen LogP contribution in [0.2, 0.25) is 0 Å². The molecule has 0 aromatic carbocycles. The molecule has 0 aromatic heterocycles. The highest BCUT2D eigenvalue weighted by molar-refractivity contribution is 4.91. The van der Waals surface area contributed by atoms with Gasteiger partial charge >= 0.3 is 0 Å². The Kier molecular flexibility index (Phi) is 5.18. The van der Waals surface area contributed by atoms with Crippen molar-refractivity contribution in [3.8, 4) is 0 Å². The predicted molar refractivity (Wildman–Crippen MR) is 90.1 cm³/mol. The predicted octanol–water partition coefficient (Wildman–Crippen LogP) is 0.824. The van der Waals surface area contributed by atoms with E-state index in [0.717, 1.165) is 24.5 Å². The summed E-state index contributed by atoms with van der Waals surface area (Å²) in [4.78, 5) is 5.42. The maximum atomic E-state index is 5.42. The van der Waals surface area contributed by atoms with E-state index in [1.54, 1.807) is 0 Å². The summed E-state index contributed by atoms with van der Waals surface area (Å²) in [5, 5.41) is 14.4. The summed E-state index contributed by atoms with van der Waals surface area (Å²) < 4.78 is 0. The number of rotatable bonds is 5. The maximum Gasteiger partial charge on any atom is 0.128 e. The Morgan fingerprint density at radius 2 is 1.78 bits per heavy atom. The zero-order valence-corrected chi connectivity index (χ0v) is 14.3. The highest BCUT2D eigenvalue weighted by Crippen LogP contribution is 2.35. The lowest BCUT2D eigenvalue weighted by molar-refractivity contribution is 0.0251. The molecule has 4 unspecified atom stereocenters. The zero-order chi connectivity index (χ0) is 15.6. The molecule has 6 nitrogen and oxygen atoms in total. The second-order valence-corrected chi connectivity index (χ2v) is 8.03. The molecule has 4 aliphatic rings. The van der Waals surface area contributed by atoms with Crippen LogP contribution in [0, 0.1) is 17.8 Å². The largest absolute Gasteiger partial charge is 0.302 e. The van der Waals surface area contributed by atoms with Crippen molar-refractivity contribution in [2.24, 2.45) is 17.8 Å². The van der Waals surface area contributed by atoms with Crippen LogP contribution in [-0.2, 0) is 4.84 Å². The highest BCUT2D eigenvalue weighted by atomic mass is 16.7. The molecule has 4 rings (SSSR count). The molecule has 2 saturated carbocycles. The number of hydroxylamine groups is 1. The average molecular weight is 323 g/mol. The summed E-state index contributed by atoms with van der Waals surface area (Å²) in [7, 11) is 0. The van der Waals surface area contributed by atoms with Crippen molar-refractivity contribution in [1.29, 1.82) is 0 Å². The van der Waals surface area contributed by atoms with Gasteiger partial charge in [-0.15, -0.1) is 0 Å². The fraction of sp³-hybridized carbons (Fsp3) is 1.00. The van der Waals surface area contributed by atoms with Crippen molar-refractivity contribution >= 4 is 0 Å². The van der Waals surface area contributed by atoms with Crippen molar-refractivity contribution in [2.45, 2.75) is 76.5 Å². The van der Waals surface area contributed by atoms with Gasteiger partial charge in [0.05, 0.1) is 12.3 Å². The van der Waals surface area contributed by atoms with Crippen LogP contribution in [0.4, 0.5) is 0 Å². The SMILES string of the molecule is CC1NC(C2CCC(CNC3CC(C4CC4)NCN3)CC2)NO1. The van der Waals surface area contributed by atoms with Gasteiger partial charge < -0.3 is 10.6 Å². The normalized spacial score (nSPS) is 45.3. The molecule has 5 N–H and O–H groups in total. The van der Waals surface area contributed by atoms with Crippen molar-refractivity contribution < 1.29 is 4.84 Å². The molecule has 2 aliphatic heterocycles. The van der Waals surface area contributed by atoms with E-state index >= 15 is 0 Å². The maximum absolute atomic E-state index is 5.42. The smallest absolute Gasteiger partial charge is 0.128 e. The molecular formula is C17H33N5O. The molecule has 6 heteroatoms. The molecular weight excluding hydrogens is 290 g/mol. The molecule has 2 aliphatic carbocycles. The lowest BCUT2D eigenvalue weighted by atomic mass is 9.80. The fourth-order valence-corrected chi connectivity index (χ4v) is 4.51. The zero-order valence-electron chi connectivity index (χ0n) is 14.3. The third-order valence-electron chi connectivity index (χ3n) is 6.20. The second kappa shape index (κ2) is 7.33. The molecule has 0 aromatic rings. The summed E-state index contributed by atoms with van der Waals surface area (Å²) in [6.07, 6.45) is 10.4. The lowest BCUT2D eigenvalue weighted by Gasteiger charge is -2.35. The van der Waals surface area contributed by atoms with E-state index in [0.29, 0.717) is 18.2 Å². The standard InChI is InChI=1S/C17H33N5O/c1-11-21-17(22-23-11)14-4-2-12(3-5-14)9-18-16-8-15(13-6-7-13)19-10-20-16/h11-22H,2-10H2,1H3. The van der Waals surface area contributed by atoms with Gasteiger partial charge in [-0.05, 0) is 76.2 Å². The fourth-order valence-electron chi connectivity index (χ4n) is 4.51. The lowest BCUT2D eigenvalue weighted by Crippen LogP contribution is -2.57. The van der Waals surface area contributed by atoms with Gasteiger partial charge in [0.25, 0.3) is 0 Å². The Labute approximate surface area is 139 Å². The van der Waals surface area contributed by atoms with Crippen LogP contribution in [0.1, 0.15) is 51.9 Å². The van der Waals surface area contributed by atoms with Crippen molar-refractivity contribution in [3.05, 3.63) is 0 Å². The molecule has 0 bridgehead atoms. The van der Waals surface area contributed by atoms with Crippen LogP contribution in [0.15, 0.2) is 0 Å². The summed E-state index contributed by atoms with van der Waals surface area (Å²) in [5.74, 6) is 2.50. The van der Waals surface area contributed by atoms with Gasteiger partial charge in [-0.1, -0.05) is 0 Å². The summed E-state index contributed by atoms with van der Waals surface area (Å²) in [6, 6.07) is 0.742. The average Bonchev–Trinajstić information content (AvgIpc) is 3.35. The van der Waals surface area contributed by atoms with Crippen LogP contribution in [0.25, 0.3) is 0 Å². The van der Waals surface area contributed by atoms with E-state index in [1.807, 2.05) is 0 Å².